The van der Waals surface area contributed by atoms with Gasteiger partial charge in [0, 0.05) is 29.8 Å². The van der Waals surface area contributed by atoms with Crippen LogP contribution in [0.15, 0.2) is 55.1 Å². The monoisotopic (exact) mass is 397 g/mol. The van der Waals surface area contributed by atoms with Gasteiger partial charge in [-0.1, -0.05) is 6.92 Å². The number of pyridine rings is 3. The van der Waals surface area contributed by atoms with E-state index in [1.54, 1.807) is 24.8 Å². The van der Waals surface area contributed by atoms with E-state index in [1.165, 1.54) is 0 Å². The number of nitrogens with one attached hydrogen (secondary N) is 3. The fraction of sp³-hybridized carbons (Fsp3) is 0.136. The van der Waals surface area contributed by atoms with Crippen LogP contribution in [0.4, 0.5) is 5.69 Å². The van der Waals surface area contributed by atoms with Crippen molar-refractivity contribution in [1.29, 1.82) is 0 Å². The number of fused-ring (bicyclic) bond motifs is 2. The van der Waals surface area contributed by atoms with Crippen LogP contribution in [0, 0.1) is 0 Å². The summed E-state index contributed by atoms with van der Waals surface area (Å²) in [4.78, 5) is 28.5. The lowest BCUT2D eigenvalue weighted by molar-refractivity contribution is -0.116. The van der Waals surface area contributed by atoms with Crippen molar-refractivity contribution in [2.45, 2.75) is 19.8 Å². The minimum absolute atomic E-state index is 0.0229. The van der Waals surface area contributed by atoms with Crippen molar-refractivity contribution in [3.05, 3.63) is 55.1 Å². The standard InChI is InChI=1S/C22H19N7O/c1-2-3-20(30)25-15-8-14(10-24-11-15)16-4-5-17-21(27-16)22(29-28-17)18-9-13-6-7-23-12-19(13)26-18/h4-12,26H,2-3H2,1H3,(H,25,30)(H,28,29). The highest BCUT2D eigenvalue weighted by Gasteiger charge is 2.14. The van der Waals surface area contributed by atoms with Gasteiger partial charge in [-0.2, -0.15) is 5.10 Å². The Morgan fingerprint density at radius 3 is 2.87 bits per heavy atom. The SMILES string of the molecule is CCCC(=O)Nc1cncc(-c2ccc3[nH]nc(-c4cc5ccncc5[nH]4)c3n2)c1. The maximum atomic E-state index is 11.9. The van der Waals surface area contributed by atoms with Crippen molar-refractivity contribution < 1.29 is 4.79 Å². The van der Waals surface area contributed by atoms with Crippen LogP contribution in [0.25, 0.3) is 44.6 Å². The molecule has 8 heteroatoms. The topological polar surface area (TPSA) is 112 Å². The fourth-order valence-corrected chi connectivity index (χ4v) is 3.45. The maximum absolute atomic E-state index is 11.9. The average molecular weight is 397 g/mol. The zero-order chi connectivity index (χ0) is 20.5. The predicted octanol–water partition coefficient (Wildman–Crippen LogP) is 4.30. The molecular weight excluding hydrogens is 378 g/mol. The minimum Gasteiger partial charge on any atom is -0.352 e. The van der Waals surface area contributed by atoms with Gasteiger partial charge in [0.2, 0.25) is 5.91 Å². The Balaban J connectivity index is 1.54. The van der Waals surface area contributed by atoms with Crippen molar-refractivity contribution >= 4 is 33.5 Å². The summed E-state index contributed by atoms with van der Waals surface area (Å²) < 4.78 is 0. The molecule has 148 valence electrons. The molecule has 0 aliphatic heterocycles. The number of carbonyl (C=O) groups excluding carboxylic acids is 1. The maximum Gasteiger partial charge on any atom is 0.224 e. The molecule has 0 bridgehead atoms. The molecule has 5 aromatic heterocycles. The number of hydrogen-bond acceptors (Lipinski definition) is 5. The van der Waals surface area contributed by atoms with Crippen LogP contribution in [-0.2, 0) is 4.79 Å². The largest absolute Gasteiger partial charge is 0.352 e. The molecule has 0 aliphatic carbocycles. The second kappa shape index (κ2) is 7.40. The number of amides is 1. The molecule has 0 unspecified atom stereocenters. The van der Waals surface area contributed by atoms with Gasteiger partial charge in [0.25, 0.3) is 0 Å². The zero-order valence-electron chi connectivity index (χ0n) is 16.3. The van der Waals surface area contributed by atoms with Crippen molar-refractivity contribution in [3.63, 3.8) is 0 Å². The van der Waals surface area contributed by atoms with Crippen molar-refractivity contribution in [1.82, 2.24) is 30.1 Å². The molecule has 0 saturated carbocycles. The number of hydrogen-bond donors (Lipinski definition) is 3. The molecule has 8 nitrogen and oxygen atoms in total. The lowest BCUT2D eigenvalue weighted by atomic mass is 10.1. The molecule has 0 fully saturated rings. The summed E-state index contributed by atoms with van der Waals surface area (Å²) in [5, 5.41) is 11.4. The smallest absolute Gasteiger partial charge is 0.224 e. The molecule has 5 heterocycles. The van der Waals surface area contributed by atoms with Gasteiger partial charge in [-0.3, -0.25) is 19.9 Å². The number of rotatable bonds is 5. The van der Waals surface area contributed by atoms with Gasteiger partial charge in [-0.25, -0.2) is 4.98 Å². The molecule has 5 rings (SSSR count). The average Bonchev–Trinajstić information content (AvgIpc) is 3.37. The van der Waals surface area contributed by atoms with E-state index in [1.807, 2.05) is 37.3 Å². The molecule has 0 radical (unpaired) electrons. The number of nitrogens with zero attached hydrogens (tertiary/aromatic N) is 4. The second-order valence-corrected chi connectivity index (χ2v) is 7.07. The van der Waals surface area contributed by atoms with Gasteiger partial charge in [0.1, 0.15) is 11.2 Å². The number of anilines is 1. The summed E-state index contributed by atoms with van der Waals surface area (Å²) >= 11 is 0. The van der Waals surface area contributed by atoms with Crippen LogP contribution in [0.5, 0.6) is 0 Å². The molecule has 0 aromatic carbocycles. The normalized spacial score (nSPS) is 11.2. The molecular formula is C22H19N7O. The third-order valence-corrected chi connectivity index (χ3v) is 4.88. The van der Waals surface area contributed by atoms with Gasteiger partial charge >= 0.3 is 0 Å². The predicted molar refractivity (Wildman–Crippen MR) is 116 cm³/mol. The van der Waals surface area contributed by atoms with E-state index in [-0.39, 0.29) is 5.91 Å². The summed E-state index contributed by atoms with van der Waals surface area (Å²) in [6.45, 7) is 1.97. The summed E-state index contributed by atoms with van der Waals surface area (Å²) in [5.41, 5.74) is 6.37. The fourth-order valence-electron chi connectivity index (χ4n) is 3.45. The second-order valence-electron chi connectivity index (χ2n) is 7.07. The summed E-state index contributed by atoms with van der Waals surface area (Å²) in [6.07, 6.45) is 8.20. The first-order chi connectivity index (χ1) is 14.7. The molecule has 5 aromatic rings. The first-order valence-corrected chi connectivity index (χ1v) is 9.75. The van der Waals surface area contributed by atoms with Gasteiger partial charge in [0.15, 0.2) is 0 Å². The summed E-state index contributed by atoms with van der Waals surface area (Å²) in [7, 11) is 0. The minimum atomic E-state index is -0.0229. The first kappa shape index (κ1) is 18.0. The molecule has 30 heavy (non-hydrogen) atoms. The van der Waals surface area contributed by atoms with E-state index < -0.39 is 0 Å². The lowest BCUT2D eigenvalue weighted by Gasteiger charge is -2.06. The first-order valence-electron chi connectivity index (χ1n) is 9.75. The molecule has 3 N–H and O–H groups in total. The van der Waals surface area contributed by atoms with E-state index in [0.717, 1.165) is 51.0 Å². The van der Waals surface area contributed by atoms with Crippen molar-refractivity contribution in [2.75, 3.05) is 5.32 Å². The molecule has 0 saturated heterocycles. The molecule has 0 atom stereocenters. The Labute approximate surface area is 171 Å². The Kier molecular flexibility index (Phi) is 4.44. The third kappa shape index (κ3) is 3.28. The van der Waals surface area contributed by atoms with Gasteiger partial charge in [-0.15, -0.1) is 0 Å². The number of aromatic nitrogens is 6. The summed E-state index contributed by atoms with van der Waals surface area (Å²) in [6, 6.07) is 9.72. The van der Waals surface area contributed by atoms with E-state index in [4.69, 9.17) is 4.98 Å². The highest BCUT2D eigenvalue weighted by atomic mass is 16.1. The van der Waals surface area contributed by atoms with Crippen molar-refractivity contribution in [3.8, 4) is 22.6 Å². The van der Waals surface area contributed by atoms with Crippen LogP contribution in [0.3, 0.4) is 0 Å². The number of carbonyl (C=O) groups is 1. The van der Waals surface area contributed by atoms with E-state index in [0.29, 0.717) is 12.1 Å². The molecule has 0 aliphatic rings. The molecule has 0 spiro atoms. The van der Waals surface area contributed by atoms with E-state index >= 15 is 0 Å². The van der Waals surface area contributed by atoms with Crippen molar-refractivity contribution in [2.24, 2.45) is 0 Å². The van der Waals surface area contributed by atoms with Crippen LogP contribution >= 0.6 is 0 Å². The van der Waals surface area contributed by atoms with Crippen LogP contribution in [0.1, 0.15) is 19.8 Å². The quantitative estimate of drug-likeness (QED) is 0.409. The Morgan fingerprint density at radius 1 is 1.07 bits per heavy atom. The number of H-pyrrole nitrogens is 2. The Morgan fingerprint density at radius 2 is 2.00 bits per heavy atom. The highest BCUT2D eigenvalue weighted by Crippen LogP contribution is 2.29. The van der Waals surface area contributed by atoms with E-state index in [9.17, 15) is 4.79 Å². The Bertz CT molecular complexity index is 1340. The Hall–Kier alpha value is -4.07. The number of aromatic amines is 2. The van der Waals surface area contributed by atoms with Gasteiger partial charge in [0.05, 0.1) is 40.5 Å². The zero-order valence-corrected chi connectivity index (χ0v) is 16.3. The summed E-state index contributed by atoms with van der Waals surface area (Å²) in [5.74, 6) is -0.0229. The van der Waals surface area contributed by atoms with Crippen LogP contribution < -0.4 is 5.32 Å². The van der Waals surface area contributed by atoms with Crippen LogP contribution in [0.2, 0.25) is 0 Å². The molecule has 1 amide bonds. The van der Waals surface area contributed by atoms with Crippen LogP contribution in [-0.4, -0.2) is 36.0 Å². The van der Waals surface area contributed by atoms with Gasteiger partial charge < -0.3 is 10.3 Å². The third-order valence-electron chi connectivity index (χ3n) is 4.88. The lowest BCUT2D eigenvalue weighted by Crippen LogP contribution is -2.10. The van der Waals surface area contributed by atoms with Gasteiger partial charge in [-0.05, 0) is 36.8 Å². The highest BCUT2D eigenvalue weighted by molar-refractivity contribution is 5.94. The van der Waals surface area contributed by atoms with E-state index in [2.05, 4.69) is 30.5 Å².